The van der Waals surface area contributed by atoms with Gasteiger partial charge in [0.15, 0.2) is 0 Å². The number of ether oxygens (including phenoxy) is 1. The molecule has 1 heterocycles. The molecule has 0 bridgehead atoms. The van der Waals surface area contributed by atoms with Crippen LogP contribution in [0.5, 0.6) is 0 Å². The average Bonchev–Trinajstić information content (AvgIpc) is 3.07. The molecule has 0 radical (unpaired) electrons. The summed E-state index contributed by atoms with van der Waals surface area (Å²) < 4.78 is 7.40. The van der Waals surface area contributed by atoms with Gasteiger partial charge in [0.2, 0.25) is 5.91 Å². The predicted octanol–water partition coefficient (Wildman–Crippen LogP) is 2.47. The summed E-state index contributed by atoms with van der Waals surface area (Å²) in [4.78, 5) is 16.4. The standard InChI is InChI=1S/C16H27N3O2/c1-13(19-9-8-17-14(19)2)10-15(20)18-11-16(12-21-3)6-4-5-7-16/h8-9,13H,4-7,10-12H2,1-3H3,(H,18,20)/t13-/m1/s1. The lowest BCUT2D eigenvalue weighted by molar-refractivity contribution is -0.122. The van der Waals surface area contributed by atoms with Gasteiger partial charge < -0.3 is 14.6 Å². The molecular weight excluding hydrogens is 266 g/mol. The van der Waals surface area contributed by atoms with Crippen molar-refractivity contribution in [3.63, 3.8) is 0 Å². The molecule has 0 aromatic carbocycles. The quantitative estimate of drug-likeness (QED) is 0.840. The second kappa shape index (κ2) is 7.07. The van der Waals surface area contributed by atoms with Crippen LogP contribution in [0, 0.1) is 12.3 Å². The lowest BCUT2D eigenvalue weighted by Crippen LogP contribution is -2.39. The second-order valence-electron chi connectivity index (χ2n) is 6.35. The van der Waals surface area contributed by atoms with Crippen LogP contribution in [-0.4, -0.2) is 35.7 Å². The molecule has 1 aromatic heterocycles. The molecule has 1 atom stereocenters. The van der Waals surface area contributed by atoms with E-state index in [0.29, 0.717) is 6.42 Å². The highest BCUT2D eigenvalue weighted by Crippen LogP contribution is 2.37. The predicted molar refractivity (Wildman–Crippen MR) is 82.1 cm³/mol. The number of carbonyl (C=O) groups is 1. The molecule has 0 saturated heterocycles. The first-order chi connectivity index (χ1) is 10.1. The molecule has 21 heavy (non-hydrogen) atoms. The maximum absolute atomic E-state index is 12.2. The molecule has 1 N–H and O–H groups in total. The van der Waals surface area contributed by atoms with Crippen LogP contribution in [-0.2, 0) is 9.53 Å². The molecular formula is C16H27N3O2. The zero-order valence-electron chi connectivity index (χ0n) is 13.4. The zero-order chi connectivity index (χ0) is 15.3. The SMILES string of the molecule is COCC1(CNC(=O)C[C@@H](C)n2ccnc2C)CCCC1. The Hall–Kier alpha value is -1.36. The minimum Gasteiger partial charge on any atom is -0.384 e. The van der Waals surface area contributed by atoms with Gasteiger partial charge in [-0.05, 0) is 26.7 Å². The van der Waals surface area contributed by atoms with Crippen LogP contribution in [0.3, 0.4) is 0 Å². The summed E-state index contributed by atoms with van der Waals surface area (Å²) in [5.74, 6) is 1.06. The molecule has 1 saturated carbocycles. The fourth-order valence-corrected chi connectivity index (χ4v) is 3.38. The van der Waals surface area contributed by atoms with Gasteiger partial charge in [0.25, 0.3) is 0 Å². The molecule has 1 amide bonds. The maximum atomic E-state index is 12.2. The summed E-state index contributed by atoms with van der Waals surface area (Å²) in [5, 5.41) is 3.11. The van der Waals surface area contributed by atoms with E-state index >= 15 is 0 Å². The molecule has 1 aliphatic carbocycles. The average molecular weight is 293 g/mol. The molecule has 0 spiro atoms. The van der Waals surface area contributed by atoms with Crippen molar-refractivity contribution in [1.82, 2.24) is 14.9 Å². The Labute approximate surface area is 127 Å². The fourth-order valence-electron chi connectivity index (χ4n) is 3.38. The van der Waals surface area contributed by atoms with Crippen LogP contribution in [0.25, 0.3) is 0 Å². The molecule has 118 valence electrons. The number of amides is 1. The van der Waals surface area contributed by atoms with Crippen molar-refractivity contribution in [3.8, 4) is 0 Å². The Morgan fingerprint density at radius 2 is 2.24 bits per heavy atom. The Bertz CT molecular complexity index is 464. The van der Waals surface area contributed by atoms with Crippen molar-refractivity contribution >= 4 is 5.91 Å². The minimum atomic E-state index is 0.109. The number of aryl methyl sites for hydroxylation is 1. The number of nitrogens with zero attached hydrogens (tertiary/aromatic N) is 2. The minimum absolute atomic E-state index is 0.109. The number of methoxy groups -OCH3 is 1. The van der Waals surface area contributed by atoms with E-state index in [4.69, 9.17) is 4.74 Å². The number of aromatic nitrogens is 2. The van der Waals surface area contributed by atoms with E-state index in [0.717, 1.165) is 31.8 Å². The van der Waals surface area contributed by atoms with E-state index in [2.05, 4.69) is 17.2 Å². The lowest BCUT2D eigenvalue weighted by Gasteiger charge is -2.28. The molecule has 5 nitrogen and oxygen atoms in total. The summed E-state index contributed by atoms with van der Waals surface area (Å²) >= 11 is 0. The number of hydrogen-bond acceptors (Lipinski definition) is 3. The molecule has 5 heteroatoms. The third kappa shape index (κ3) is 4.06. The maximum Gasteiger partial charge on any atom is 0.222 e. The van der Waals surface area contributed by atoms with Gasteiger partial charge >= 0.3 is 0 Å². The van der Waals surface area contributed by atoms with Crippen molar-refractivity contribution in [2.75, 3.05) is 20.3 Å². The summed E-state index contributed by atoms with van der Waals surface area (Å²) in [5.41, 5.74) is 0.151. The molecule has 1 aliphatic rings. The van der Waals surface area contributed by atoms with Crippen molar-refractivity contribution in [1.29, 1.82) is 0 Å². The van der Waals surface area contributed by atoms with E-state index in [9.17, 15) is 4.79 Å². The van der Waals surface area contributed by atoms with Crippen LogP contribution >= 0.6 is 0 Å². The van der Waals surface area contributed by atoms with Gasteiger partial charge in [0, 0.05) is 43.9 Å². The molecule has 1 fully saturated rings. The van der Waals surface area contributed by atoms with Crippen molar-refractivity contribution in [2.45, 2.75) is 52.0 Å². The lowest BCUT2D eigenvalue weighted by atomic mass is 9.87. The van der Waals surface area contributed by atoms with Crippen molar-refractivity contribution in [3.05, 3.63) is 18.2 Å². The largest absolute Gasteiger partial charge is 0.384 e. The summed E-state index contributed by atoms with van der Waals surface area (Å²) in [6.07, 6.45) is 8.97. The van der Waals surface area contributed by atoms with E-state index in [1.165, 1.54) is 12.8 Å². The Balaban J connectivity index is 1.83. The number of nitrogens with one attached hydrogen (secondary N) is 1. The van der Waals surface area contributed by atoms with Crippen LogP contribution in [0.4, 0.5) is 0 Å². The van der Waals surface area contributed by atoms with Crippen LogP contribution < -0.4 is 5.32 Å². The summed E-state index contributed by atoms with van der Waals surface area (Å²) in [6, 6.07) is 0.134. The van der Waals surface area contributed by atoms with Gasteiger partial charge in [-0.25, -0.2) is 4.98 Å². The Morgan fingerprint density at radius 1 is 1.52 bits per heavy atom. The zero-order valence-corrected chi connectivity index (χ0v) is 13.4. The van der Waals surface area contributed by atoms with Crippen LogP contribution in [0.1, 0.15) is 50.9 Å². The van der Waals surface area contributed by atoms with Crippen molar-refractivity contribution < 1.29 is 9.53 Å². The fraction of sp³-hybridized carbons (Fsp3) is 0.750. The molecule has 1 aromatic rings. The van der Waals surface area contributed by atoms with Gasteiger partial charge in [0.05, 0.1) is 6.61 Å². The first-order valence-electron chi connectivity index (χ1n) is 7.81. The smallest absolute Gasteiger partial charge is 0.222 e. The van der Waals surface area contributed by atoms with Crippen molar-refractivity contribution in [2.24, 2.45) is 5.41 Å². The summed E-state index contributed by atoms with van der Waals surface area (Å²) in [7, 11) is 1.74. The normalized spacial score (nSPS) is 18.6. The highest BCUT2D eigenvalue weighted by molar-refractivity contribution is 5.76. The summed E-state index contributed by atoms with van der Waals surface area (Å²) in [6.45, 7) is 5.48. The number of carbonyl (C=O) groups excluding carboxylic acids is 1. The highest BCUT2D eigenvalue weighted by atomic mass is 16.5. The number of rotatable bonds is 7. The number of hydrogen-bond donors (Lipinski definition) is 1. The molecule has 2 rings (SSSR count). The van der Waals surface area contributed by atoms with E-state index in [1.54, 1.807) is 13.3 Å². The molecule has 0 aliphatic heterocycles. The highest BCUT2D eigenvalue weighted by Gasteiger charge is 2.34. The third-order valence-electron chi connectivity index (χ3n) is 4.59. The first kappa shape index (κ1) is 16.0. The monoisotopic (exact) mass is 293 g/mol. The van der Waals surface area contributed by atoms with E-state index < -0.39 is 0 Å². The van der Waals surface area contributed by atoms with E-state index in [-0.39, 0.29) is 17.4 Å². The second-order valence-corrected chi connectivity index (χ2v) is 6.35. The van der Waals surface area contributed by atoms with Gasteiger partial charge in [-0.15, -0.1) is 0 Å². The van der Waals surface area contributed by atoms with Crippen LogP contribution in [0.15, 0.2) is 12.4 Å². The topological polar surface area (TPSA) is 56.1 Å². The number of imidazole rings is 1. The van der Waals surface area contributed by atoms with Gasteiger partial charge in [-0.1, -0.05) is 12.8 Å². The van der Waals surface area contributed by atoms with Crippen LogP contribution in [0.2, 0.25) is 0 Å². The Morgan fingerprint density at radius 3 is 2.81 bits per heavy atom. The van der Waals surface area contributed by atoms with Gasteiger partial charge in [-0.2, -0.15) is 0 Å². The Kier molecular flexibility index (Phi) is 5.39. The van der Waals surface area contributed by atoms with Gasteiger partial charge in [0.1, 0.15) is 5.82 Å². The van der Waals surface area contributed by atoms with E-state index in [1.807, 2.05) is 17.7 Å². The molecule has 0 unspecified atom stereocenters. The third-order valence-corrected chi connectivity index (χ3v) is 4.59. The first-order valence-corrected chi connectivity index (χ1v) is 7.81. The van der Waals surface area contributed by atoms with Gasteiger partial charge in [-0.3, -0.25) is 4.79 Å².